The molecule has 3 heteroatoms. The van der Waals surface area contributed by atoms with Crippen molar-refractivity contribution in [3.05, 3.63) is 30.0 Å². The summed E-state index contributed by atoms with van der Waals surface area (Å²) in [6.45, 7) is 0. The number of fused-ring (bicyclic) bond motifs is 1. The van der Waals surface area contributed by atoms with E-state index < -0.39 is 0 Å². The lowest BCUT2D eigenvalue weighted by molar-refractivity contribution is 0.782. The largest absolute Gasteiger partial charge is 0.268 e. The average Bonchev–Trinajstić information content (AvgIpc) is 2.44. The SMILES string of the molecule is Cn1nc(CBr)c2ccccc21. The molecule has 0 radical (unpaired) electrons. The third-order valence-corrected chi connectivity index (χ3v) is 2.49. The second-order valence-electron chi connectivity index (χ2n) is 2.72. The third kappa shape index (κ3) is 1.05. The third-order valence-electron chi connectivity index (χ3n) is 1.96. The number of aryl methyl sites for hydroxylation is 1. The highest BCUT2D eigenvalue weighted by atomic mass is 79.9. The van der Waals surface area contributed by atoms with E-state index >= 15 is 0 Å². The molecule has 0 saturated carbocycles. The van der Waals surface area contributed by atoms with Gasteiger partial charge in [0, 0.05) is 17.8 Å². The number of nitrogens with zero attached hydrogens (tertiary/aromatic N) is 2. The second kappa shape index (κ2) is 2.90. The van der Waals surface area contributed by atoms with Crippen LogP contribution in [0.1, 0.15) is 5.69 Å². The molecule has 0 aliphatic rings. The molecule has 0 atom stereocenters. The van der Waals surface area contributed by atoms with Gasteiger partial charge in [0.15, 0.2) is 0 Å². The van der Waals surface area contributed by atoms with Gasteiger partial charge in [-0.25, -0.2) is 0 Å². The predicted octanol–water partition coefficient (Wildman–Crippen LogP) is 2.47. The Kier molecular flexibility index (Phi) is 1.89. The molecule has 0 saturated heterocycles. The van der Waals surface area contributed by atoms with E-state index in [9.17, 15) is 0 Å². The molecule has 0 aliphatic heterocycles. The predicted molar refractivity (Wildman–Crippen MR) is 53.3 cm³/mol. The van der Waals surface area contributed by atoms with Crippen molar-refractivity contribution in [1.29, 1.82) is 0 Å². The van der Waals surface area contributed by atoms with Gasteiger partial charge in [0.1, 0.15) is 0 Å². The van der Waals surface area contributed by atoms with Crippen LogP contribution in [0, 0.1) is 0 Å². The van der Waals surface area contributed by atoms with Crippen molar-refractivity contribution in [2.24, 2.45) is 7.05 Å². The summed E-state index contributed by atoms with van der Waals surface area (Å²) in [6, 6.07) is 8.24. The molecule has 62 valence electrons. The molecule has 0 unspecified atom stereocenters. The average molecular weight is 225 g/mol. The van der Waals surface area contributed by atoms with Gasteiger partial charge in [-0.05, 0) is 6.07 Å². The number of hydrogen-bond acceptors (Lipinski definition) is 1. The fourth-order valence-corrected chi connectivity index (χ4v) is 1.80. The van der Waals surface area contributed by atoms with Crippen LogP contribution >= 0.6 is 15.9 Å². The van der Waals surface area contributed by atoms with Gasteiger partial charge in [-0.15, -0.1) is 0 Å². The van der Waals surface area contributed by atoms with Crippen molar-refractivity contribution in [2.75, 3.05) is 0 Å². The maximum Gasteiger partial charge on any atom is 0.0808 e. The number of alkyl halides is 1. The molecule has 2 aromatic rings. The fourth-order valence-electron chi connectivity index (χ4n) is 1.39. The van der Waals surface area contributed by atoms with Crippen LogP contribution in [0.4, 0.5) is 0 Å². The maximum atomic E-state index is 4.38. The van der Waals surface area contributed by atoms with E-state index in [-0.39, 0.29) is 0 Å². The number of aromatic nitrogens is 2. The van der Waals surface area contributed by atoms with Crippen LogP contribution in [-0.2, 0) is 12.4 Å². The van der Waals surface area contributed by atoms with Crippen molar-refractivity contribution in [2.45, 2.75) is 5.33 Å². The Morgan fingerprint density at radius 1 is 1.42 bits per heavy atom. The van der Waals surface area contributed by atoms with Crippen LogP contribution in [0.25, 0.3) is 10.9 Å². The first kappa shape index (κ1) is 7.80. The Labute approximate surface area is 79.3 Å². The first-order chi connectivity index (χ1) is 5.83. The van der Waals surface area contributed by atoms with E-state index in [0.717, 1.165) is 11.0 Å². The first-order valence-corrected chi connectivity index (χ1v) is 4.91. The van der Waals surface area contributed by atoms with Crippen LogP contribution in [0.2, 0.25) is 0 Å². The van der Waals surface area contributed by atoms with Crippen LogP contribution in [-0.4, -0.2) is 9.78 Å². The minimum Gasteiger partial charge on any atom is -0.268 e. The lowest BCUT2D eigenvalue weighted by Gasteiger charge is -1.90. The molecule has 1 heterocycles. The number of halogens is 1. The molecule has 2 rings (SSSR count). The molecule has 2 nitrogen and oxygen atoms in total. The lowest BCUT2D eigenvalue weighted by Crippen LogP contribution is -1.89. The minimum atomic E-state index is 0.814. The Morgan fingerprint density at radius 3 is 2.92 bits per heavy atom. The summed E-state index contributed by atoms with van der Waals surface area (Å²) in [5, 5.41) is 6.43. The molecule has 0 fully saturated rings. The van der Waals surface area contributed by atoms with E-state index in [2.05, 4.69) is 33.2 Å². The maximum absolute atomic E-state index is 4.38. The molecule has 0 aliphatic carbocycles. The summed E-state index contributed by atoms with van der Waals surface area (Å²) >= 11 is 3.42. The highest BCUT2D eigenvalue weighted by Gasteiger charge is 2.04. The summed E-state index contributed by atoms with van der Waals surface area (Å²) < 4.78 is 1.91. The Morgan fingerprint density at radius 2 is 2.17 bits per heavy atom. The zero-order valence-corrected chi connectivity index (χ0v) is 8.37. The van der Waals surface area contributed by atoms with Crippen molar-refractivity contribution in [1.82, 2.24) is 9.78 Å². The van der Waals surface area contributed by atoms with Crippen molar-refractivity contribution in [3.8, 4) is 0 Å². The zero-order chi connectivity index (χ0) is 8.55. The monoisotopic (exact) mass is 224 g/mol. The summed E-state index contributed by atoms with van der Waals surface area (Å²) in [4.78, 5) is 0. The van der Waals surface area contributed by atoms with E-state index in [1.807, 2.05) is 23.9 Å². The summed E-state index contributed by atoms with van der Waals surface area (Å²) in [6.07, 6.45) is 0. The Bertz CT molecular complexity index is 406. The van der Waals surface area contributed by atoms with Gasteiger partial charge < -0.3 is 0 Å². The smallest absolute Gasteiger partial charge is 0.0808 e. The van der Waals surface area contributed by atoms with Gasteiger partial charge in [0.2, 0.25) is 0 Å². The topological polar surface area (TPSA) is 17.8 Å². The van der Waals surface area contributed by atoms with Crippen LogP contribution in [0.5, 0.6) is 0 Å². The molecule has 0 bridgehead atoms. The van der Waals surface area contributed by atoms with E-state index in [1.54, 1.807) is 0 Å². The summed E-state index contributed by atoms with van der Waals surface area (Å²) in [7, 11) is 1.97. The Balaban J connectivity index is 2.82. The molecular weight excluding hydrogens is 216 g/mol. The summed E-state index contributed by atoms with van der Waals surface area (Å²) in [5.74, 6) is 0. The van der Waals surface area contributed by atoms with Gasteiger partial charge in [-0.2, -0.15) is 5.10 Å². The van der Waals surface area contributed by atoms with Gasteiger partial charge >= 0.3 is 0 Å². The van der Waals surface area contributed by atoms with E-state index in [0.29, 0.717) is 0 Å². The van der Waals surface area contributed by atoms with Crippen LogP contribution in [0.15, 0.2) is 24.3 Å². The molecule has 0 amide bonds. The number of para-hydroxylation sites is 1. The molecule has 1 aromatic carbocycles. The van der Waals surface area contributed by atoms with E-state index in [1.165, 1.54) is 10.9 Å². The van der Waals surface area contributed by atoms with Gasteiger partial charge in [-0.3, -0.25) is 4.68 Å². The van der Waals surface area contributed by atoms with Gasteiger partial charge in [-0.1, -0.05) is 34.1 Å². The van der Waals surface area contributed by atoms with Crippen LogP contribution in [0.3, 0.4) is 0 Å². The summed E-state index contributed by atoms with van der Waals surface area (Å²) in [5.41, 5.74) is 2.29. The Hall–Kier alpha value is -0.830. The molecule has 0 N–H and O–H groups in total. The molecule has 1 aromatic heterocycles. The number of hydrogen-bond donors (Lipinski definition) is 0. The van der Waals surface area contributed by atoms with Gasteiger partial charge in [0.25, 0.3) is 0 Å². The normalized spacial score (nSPS) is 10.8. The molecule has 12 heavy (non-hydrogen) atoms. The second-order valence-corrected chi connectivity index (χ2v) is 3.28. The highest BCUT2D eigenvalue weighted by Crippen LogP contribution is 2.18. The quantitative estimate of drug-likeness (QED) is 0.681. The van der Waals surface area contributed by atoms with Crippen molar-refractivity contribution in [3.63, 3.8) is 0 Å². The number of rotatable bonds is 1. The minimum absolute atomic E-state index is 0.814. The lowest BCUT2D eigenvalue weighted by atomic mass is 10.2. The highest BCUT2D eigenvalue weighted by molar-refractivity contribution is 9.08. The van der Waals surface area contributed by atoms with Gasteiger partial charge in [0.05, 0.1) is 11.2 Å². The molecular formula is C9H9BrN2. The first-order valence-electron chi connectivity index (χ1n) is 3.79. The number of benzene rings is 1. The van der Waals surface area contributed by atoms with Crippen molar-refractivity contribution < 1.29 is 0 Å². The zero-order valence-electron chi connectivity index (χ0n) is 6.79. The van der Waals surface area contributed by atoms with Crippen LogP contribution < -0.4 is 0 Å². The fraction of sp³-hybridized carbons (Fsp3) is 0.222. The van der Waals surface area contributed by atoms with E-state index in [4.69, 9.17) is 0 Å². The standard InChI is InChI=1S/C9H9BrN2/c1-12-9-5-3-2-4-7(9)8(6-10)11-12/h2-5H,6H2,1H3. The molecule has 0 spiro atoms. The van der Waals surface area contributed by atoms with Crippen molar-refractivity contribution >= 4 is 26.8 Å².